The van der Waals surface area contributed by atoms with E-state index >= 15 is 0 Å². The van der Waals surface area contributed by atoms with E-state index in [4.69, 9.17) is 9.05 Å². The molecule has 0 radical (unpaired) electrons. The summed E-state index contributed by atoms with van der Waals surface area (Å²) in [6.07, 6.45) is 8.84. The molecule has 0 amide bonds. The van der Waals surface area contributed by atoms with Crippen molar-refractivity contribution in [1.29, 1.82) is 0 Å². The third kappa shape index (κ3) is 8.15. The second kappa shape index (κ2) is 11.8. The standard InChI is InChI=1S/C19H33O3P/c1-4-6-8-10-16-21-23(20,22-17-11-9-7-5-2)19-14-12-18(3)13-15-19/h12-15H,4-11,16-17H2,1-3H3. The summed E-state index contributed by atoms with van der Waals surface area (Å²) in [5.74, 6) is 0. The van der Waals surface area contributed by atoms with Crippen molar-refractivity contribution in [3.8, 4) is 0 Å². The summed E-state index contributed by atoms with van der Waals surface area (Å²) in [6.45, 7) is 7.38. The van der Waals surface area contributed by atoms with Gasteiger partial charge in [0.2, 0.25) is 0 Å². The molecular weight excluding hydrogens is 307 g/mol. The van der Waals surface area contributed by atoms with Gasteiger partial charge in [0.15, 0.2) is 0 Å². The Kier molecular flexibility index (Phi) is 10.5. The van der Waals surface area contributed by atoms with E-state index in [1.54, 1.807) is 0 Å². The van der Waals surface area contributed by atoms with E-state index in [-0.39, 0.29) is 0 Å². The normalized spacial score (nSPS) is 11.8. The van der Waals surface area contributed by atoms with Crippen molar-refractivity contribution >= 4 is 12.9 Å². The average Bonchev–Trinajstić information content (AvgIpc) is 2.55. The molecule has 0 aromatic heterocycles. The molecule has 0 aliphatic carbocycles. The summed E-state index contributed by atoms with van der Waals surface area (Å²) in [7, 11) is -3.19. The van der Waals surface area contributed by atoms with Crippen LogP contribution < -0.4 is 5.30 Å². The van der Waals surface area contributed by atoms with E-state index < -0.39 is 7.60 Å². The van der Waals surface area contributed by atoms with Crippen molar-refractivity contribution in [2.24, 2.45) is 0 Å². The van der Waals surface area contributed by atoms with Gasteiger partial charge in [0.1, 0.15) is 0 Å². The van der Waals surface area contributed by atoms with Gasteiger partial charge in [0.25, 0.3) is 0 Å². The number of benzene rings is 1. The first kappa shape index (κ1) is 20.4. The number of aryl methyl sites for hydroxylation is 1. The van der Waals surface area contributed by atoms with Gasteiger partial charge in [0.05, 0.1) is 18.5 Å². The molecule has 1 rings (SSSR count). The number of hydrogen-bond donors (Lipinski definition) is 0. The molecule has 0 saturated heterocycles. The first-order chi connectivity index (χ1) is 11.1. The largest absolute Gasteiger partial charge is 0.361 e. The Morgan fingerprint density at radius 2 is 1.26 bits per heavy atom. The van der Waals surface area contributed by atoms with Crippen molar-refractivity contribution in [3.05, 3.63) is 29.8 Å². The van der Waals surface area contributed by atoms with Crippen LogP contribution >= 0.6 is 7.60 Å². The highest BCUT2D eigenvalue weighted by atomic mass is 31.2. The summed E-state index contributed by atoms with van der Waals surface area (Å²) in [5.41, 5.74) is 1.14. The van der Waals surface area contributed by atoms with Gasteiger partial charge >= 0.3 is 7.60 Å². The molecule has 3 nitrogen and oxygen atoms in total. The summed E-state index contributed by atoms with van der Waals surface area (Å²) < 4.78 is 24.6. The lowest BCUT2D eigenvalue weighted by Crippen LogP contribution is -2.12. The lowest BCUT2D eigenvalue weighted by atomic mass is 10.2. The Balaban J connectivity index is 2.59. The van der Waals surface area contributed by atoms with Crippen LogP contribution in [0.15, 0.2) is 24.3 Å². The lowest BCUT2D eigenvalue weighted by Gasteiger charge is -2.19. The SMILES string of the molecule is CCCCCCOP(=O)(OCCCCCC)c1ccc(C)cc1. The van der Waals surface area contributed by atoms with Gasteiger partial charge in [-0.15, -0.1) is 0 Å². The summed E-state index contributed by atoms with van der Waals surface area (Å²) >= 11 is 0. The lowest BCUT2D eigenvalue weighted by molar-refractivity contribution is 0.206. The molecule has 0 aliphatic heterocycles. The van der Waals surface area contributed by atoms with Crippen LogP contribution in [0, 0.1) is 6.92 Å². The maximum Gasteiger partial charge on any atom is 0.361 e. The van der Waals surface area contributed by atoms with E-state index in [1.165, 1.54) is 25.7 Å². The van der Waals surface area contributed by atoms with E-state index in [0.29, 0.717) is 18.5 Å². The highest BCUT2D eigenvalue weighted by molar-refractivity contribution is 7.62. The van der Waals surface area contributed by atoms with Gasteiger partial charge in [-0.3, -0.25) is 4.57 Å². The first-order valence-corrected chi connectivity index (χ1v) is 10.6. The Bertz CT molecular complexity index is 438. The topological polar surface area (TPSA) is 35.5 Å². The van der Waals surface area contributed by atoms with Crippen LogP contribution in [0.4, 0.5) is 0 Å². The molecule has 0 saturated carbocycles. The molecule has 132 valence electrons. The Morgan fingerprint density at radius 3 is 1.70 bits per heavy atom. The maximum atomic E-state index is 13.1. The quantitative estimate of drug-likeness (QED) is 0.326. The molecule has 0 N–H and O–H groups in total. The Hall–Kier alpha value is -0.630. The third-order valence-electron chi connectivity index (χ3n) is 3.87. The van der Waals surface area contributed by atoms with Crippen LogP contribution in [-0.2, 0) is 13.6 Å². The number of hydrogen-bond acceptors (Lipinski definition) is 3. The minimum Gasteiger partial charge on any atom is -0.305 e. The van der Waals surface area contributed by atoms with Gasteiger partial charge < -0.3 is 9.05 Å². The fourth-order valence-corrected chi connectivity index (χ4v) is 3.97. The van der Waals surface area contributed by atoms with Crippen LogP contribution in [-0.4, -0.2) is 13.2 Å². The van der Waals surface area contributed by atoms with Crippen LogP contribution in [0.3, 0.4) is 0 Å². The minimum absolute atomic E-state index is 0.500. The summed E-state index contributed by atoms with van der Waals surface area (Å²) in [5, 5.41) is 0.675. The van der Waals surface area contributed by atoms with E-state index in [0.717, 1.165) is 31.2 Å². The van der Waals surface area contributed by atoms with Crippen molar-refractivity contribution in [3.63, 3.8) is 0 Å². The summed E-state index contributed by atoms with van der Waals surface area (Å²) in [6, 6.07) is 7.66. The highest BCUT2D eigenvalue weighted by Gasteiger charge is 2.27. The zero-order chi connectivity index (χ0) is 17.0. The van der Waals surface area contributed by atoms with Gasteiger partial charge in [0, 0.05) is 0 Å². The van der Waals surface area contributed by atoms with Crippen LogP contribution in [0.2, 0.25) is 0 Å². The highest BCUT2D eigenvalue weighted by Crippen LogP contribution is 2.47. The number of unbranched alkanes of at least 4 members (excludes halogenated alkanes) is 6. The molecule has 23 heavy (non-hydrogen) atoms. The molecule has 4 heteroatoms. The molecule has 0 fully saturated rings. The molecule has 0 spiro atoms. The van der Waals surface area contributed by atoms with Crippen molar-refractivity contribution in [1.82, 2.24) is 0 Å². The first-order valence-electron chi connectivity index (χ1n) is 9.08. The van der Waals surface area contributed by atoms with Gasteiger partial charge in [-0.1, -0.05) is 70.1 Å². The second-order valence-corrected chi connectivity index (χ2v) is 8.15. The summed E-state index contributed by atoms with van der Waals surface area (Å²) in [4.78, 5) is 0. The molecule has 0 aliphatic rings. The molecule has 0 atom stereocenters. The molecule has 0 bridgehead atoms. The van der Waals surface area contributed by atoms with Crippen molar-refractivity contribution < 1.29 is 13.6 Å². The fourth-order valence-electron chi connectivity index (χ4n) is 2.34. The Labute approximate surface area is 142 Å². The van der Waals surface area contributed by atoms with Gasteiger partial charge in [-0.2, -0.15) is 0 Å². The smallest absolute Gasteiger partial charge is 0.305 e. The third-order valence-corrected chi connectivity index (χ3v) is 5.84. The molecule has 0 heterocycles. The zero-order valence-electron chi connectivity index (χ0n) is 15.1. The monoisotopic (exact) mass is 340 g/mol. The molecule has 1 aromatic carbocycles. The average molecular weight is 340 g/mol. The van der Waals surface area contributed by atoms with Crippen molar-refractivity contribution in [2.75, 3.05) is 13.2 Å². The van der Waals surface area contributed by atoms with Crippen LogP contribution in [0.1, 0.15) is 70.8 Å². The van der Waals surface area contributed by atoms with Crippen molar-refractivity contribution in [2.45, 2.75) is 72.1 Å². The van der Waals surface area contributed by atoms with Gasteiger partial charge in [-0.25, -0.2) is 0 Å². The van der Waals surface area contributed by atoms with Crippen LogP contribution in [0.5, 0.6) is 0 Å². The predicted molar refractivity (Wildman–Crippen MR) is 98.6 cm³/mol. The molecular formula is C19H33O3P. The number of rotatable bonds is 13. The zero-order valence-corrected chi connectivity index (χ0v) is 15.9. The molecule has 0 unspecified atom stereocenters. The predicted octanol–water partition coefficient (Wildman–Crippen LogP) is 6.01. The second-order valence-electron chi connectivity index (χ2n) is 6.12. The minimum atomic E-state index is -3.19. The molecule has 1 aromatic rings. The van der Waals surface area contributed by atoms with E-state index in [2.05, 4.69) is 13.8 Å². The van der Waals surface area contributed by atoms with Crippen LogP contribution in [0.25, 0.3) is 0 Å². The van der Waals surface area contributed by atoms with E-state index in [1.807, 2.05) is 31.2 Å². The van der Waals surface area contributed by atoms with E-state index in [9.17, 15) is 4.57 Å². The maximum absolute atomic E-state index is 13.1. The Morgan fingerprint density at radius 1 is 0.783 bits per heavy atom. The van der Waals surface area contributed by atoms with Gasteiger partial charge in [-0.05, 0) is 31.9 Å². The fraction of sp³-hybridized carbons (Fsp3) is 0.684.